The molecule has 2 heterocycles. The molecule has 1 saturated carbocycles. The van der Waals surface area contributed by atoms with Crippen molar-refractivity contribution >= 4 is 0 Å². The van der Waals surface area contributed by atoms with Crippen LogP contribution in [0.5, 0.6) is 0 Å². The van der Waals surface area contributed by atoms with Crippen molar-refractivity contribution in [2.24, 2.45) is 5.92 Å². The first-order valence-corrected chi connectivity index (χ1v) is 8.52. The van der Waals surface area contributed by atoms with E-state index in [1.807, 2.05) is 6.20 Å². The van der Waals surface area contributed by atoms with Crippen LogP contribution in [0.4, 0.5) is 0 Å². The van der Waals surface area contributed by atoms with Gasteiger partial charge in [0.1, 0.15) is 0 Å². The number of nitrogens with one attached hydrogen (secondary N) is 1. The number of hydrogen-bond donors (Lipinski definition) is 1. The zero-order valence-electron chi connectivity index (χ0n) is 13.4. The van der Waals surface area contributed by atoms with Crippen molar-refractivity contribution < 1.29 is 4.74 Å². The zero-order chi connectivity index (χ0) is 14.7. The smallest absolute Gasteiger partial charge is 0.0686 e. The summed E-state index contributed by atoms with van der Waals surface area (Å²) in [5, 5.41) is 3.75. The molecule has 1 aromatic heterocycles. The van der Waals surface area contributed by atoms with E-state index in [-0.39, 0.29) is 5.60 Å². The predicted octanol–water partition coefficient (Wildman–Crippen LogP) is 3.78. The quantitative estimate of drug-likeness (QED) is 0.895. The molecule has 3 nitrogen and oxygen atoms in total. The van der Waals surface area contributed by atoms with Crippen molar-refractivity contribution in [1.29, 1.82) is 0 Å². The van der Waals surface area contributed by atoms with E-state index in [1.165, 1.54) is 36.9 Å². The number of aryl methyl sites for hydroxylation is 1. The Morgan fingerprint density at radius 1 is 1.48 bits per heavy atom. The molecule has 0 aromatic carbocycles. The van der Waals surface area contributed by atoms with Crippen molar-refractivity contribution in [1.82, 2.24) is 10.3 Å². The van der Waals surface area contributed by atoms with Crippen LogP contribution in [0, 0.1) is 12.8 Å². The van der Waals surface area contributed by atoms with Crippen LogP contribution in [0.25, 0.3) is 0 Å². The van der Waals surface area contributed by atoms with Crippen molar-refractivity contribution in [3.8, 4) is 0 Å². The topological polar surface area (TPSA) is 34.2 Å². The molecular formula is C18H28N2O. The molecule has 0 bridgehead atoms. The van der Waals surface area contributed by atoms with Crippen LogP contribution in [0.3, 0.4) is 0 Å². The van der Waals surface area contributed by atoms with E-state index >= 15 is 0 Å². The molecule has 2 fully saturated rings. The number of hydrogen-bond acceptors (Lipinski definition) is 3. The van der Waals surface area contributed by atoms with Crippen LogP contribution in [-0.2, 0) is 4.74 Å². The van der Waals surface area contributed by atoms with Crippen LogP contribution >= 0.6 is 0 Å². The van der Waals surface area contributed by atoms with Crippen molar-refractivity contribution in [2.45, 2.75) is 64.0 Å². The molecule has 1 saturated heterocycles. The highest BCUT2D eigenvalue weighted by Gasteiger charge is 2.44. The Kier molecular flexibility index (Phi) is 4.60. The summed E-state index contributed by atoms with van der Waals surface area (Å²) in [5.41, 5.74) is 2.72. The van der Waals surface area contributed by atoms with Crippen LogP contribution < -0.4 is 5.32 Å². The third-order valence-electron chi connectivity index (χ3n) is 5.14. The Balaban J connectivity index is 1.77. The average molecular weight is 288 g/mol. The second-order valence-electron chi connectivity index (χ2n) is 6.83. The van der Waals surface area contributed by atoms with Crippen LogP contribution in [0.1, 0.15) is 62.7 Å². The molecule has 2 unspecified atom stereocenters. The van der Waals surface area contributed by atoms with Crippen molar-refractivity contribution in [3.05, 3.63) is 29.6 Å². The highest BCUT2D eigenvalue weighted by molar-refractivity contribution is 5.18. The molecule has 21 heavy (non-hydrogen) atoms. The lowest BCUT2D eigenvalue weighted by Gasteiger charge is -2.48. The van der Waals surface area contributed by atoms with Crippen molar-refractivity contribution in [2.75, 3.05) is 13.2 Å². The largest absolute Gasteiger partial charge is 0.375 e. The molecule has 0 amide bonds. The van der Waals surface area contributed by atoms with Gasteiger partial charge in [-0.25, -0.2) is 0 Å². The first-order valence-electron chi connectivity index (χ1n) is 8.52. The summed E-state index contributed by atoms with van der Waals surface area (Å²) < 4.78 is 6.10. The number of rotatable bonds is 5. The summed E-state index contributed by atoms with van der Waals surface area (Å²) in [7, 11) is 0. The lowest BCUT2D eigenvalue weighted by atomic mass is 9.70. The van der Waals surface area contributed by atoms with Gasteiger partial charge in [0.15, 0.2) is 0 Å². The lowest BCUT2D eigenvalue weighted by molar-refractivity contribution is -0.147. The summed E-state index contributed by atoms with van der Waals surface area (Å²) in [6.07, 6.45) is 9.31. The highest BCUT2D eigenvalue weighted by Crippen LogP contribution is 2.47. The van der Waals surface area contributed by atoms with E-state index < -0.39 is 0 Å². The molecule has 1 spiro atoms. The molecule has 3 heteroatoms. The molecule has 2 atom stereocenters. The van der Waals surface area contributed by atoms with Gasteiger partial charge >= 0.3 is 0 Å². The summed E-state index contributed by atoms with van der Waals surface area (Å²) >= 11 is 0. The first-order chi connectivity index (χ1) is 10.2. The zero-order valence-corrected chi connectivity index (χ0v) is 13.4. The molecule has 116 valence electrons. The fourth-order valence-electron chi connectivity index (χ4n) is 3.81. The highest BCUT2D eigenvalue weighted by atomic mass is 16.5. The molecule has 1 N–H and O–H groups in total. The normalized spacial score (nSPS) is 25.5. The van der Waals surface area contributed by atoms with Gasteiger partial charge in [0.2, 0.25) is 0 Å². The van der Waals surface area contributed by atoms with E-state index in [4.69, 9.17) is 4.74 Å². The molecule has 2 aliphatic rings. The molecular weight excluding hydrogens is 260 g/mol. The maximum Gasteiger partial charge on any atom is 0.0686 e. The van der Waals surface area contributed by atoms with Crippen LogP contribution in [0.2, 0.25) is 0 Å². The summed E-state index contributed by atoms with van der Waals surface area (Å²) in [6, 6.07) is 4.71. The Labute approximate surface area is 128 Å². The van der Waals surface area contributed by atoms with Gasteiger partial charge in [0.05, 0.1) is 17.3 Å². The second-order valence-corrected chi connectivity index (χ2v) is 6.83. The van der Waals surface area contributed by atoms with Gasteiger partial charge in [-0.3, -0.25) is 4.98 Å². The summed E-state index contributed by atoms with van der Waals surface area (Å²) in [4.78, 5) is 4.66. The maximum absolute atomic E-state index is 6.10. The molecule has 1 aliphatic carbocycles. The van der Waals surface area contributed by atoms with E-state index in [0.29, 0.717) is 12.0 Å². The van der Waals surface area contributed by atoms with Gasteiger partial charge in [0.25, 0.3) is 0 Å². The summed E-state index contributed by atoms with van der Waals surface area (Å²) in [5.74, 6) is 0.653. The number of pyridine rings is 1. The standard InChI is InChI=1S/C18H28N2O/c1-3-9-20-17(16-12-14(2)5-10-19-16)15-6-11-21-18(13-15)7-4-8-18/h5,10,12,15,17,20H,3-4,6-9,11,13H2,1-2H3. The minimum Gasteiger partial charge on any atom is -0.375 e. The maximum atomic E-state index is 6.10. The van der Waals surface area contributed by atoms with Crippen molar-refractivity contribution in [3.63, 3.8) is 0 Å². The fourth-order valence-corrected chi connectivity index (χ4v) is 3.81. The average Bonchev–Trinajstić information content (AvgIpc) is 2.46. The van der Waals surface area contributed by atoms with Gasteiger partial charge in [-0.05, 0) is 75.6 Å². The van der Waals surface area contributed by atoms with E-state index in [1.54, 1.807) is 0 Å². The Hall–Kier alpha value is -0.930. The second kappa shape index (κ2) is 6.45. The first kappa shape index (κ1) is 15.0. The fraction of sp³-hybridized carbons (Fsp3) is 0.722. The molecule has 1 aliphatic heterocycles. The number of nitrogens with zero attached hydrogens (tertiary/aromatic N) is 1. The minimum absolute atomic E-state index is 0.207. The molecule has 1 aromatic rings. The van der Waals surface area contributed by atoms with Gasteiger partial charge in [-0.1, -0.05) is 6.92 Å². The number of aromatic nitrogens is 1. The molecule has 3 rings (SSSR count). The van der Waals surface area contributed by atoms with Crippen LogP contribution in [0.15, 0.2) is 18.3 Å². The van der Waals surface area contributed by atoms with Gasteiger partial charge < -0.3 is 10.1 Å². The molecule has 0 radical (unpaired) electrons. The third kappa shape index (κ3) is 3.29. The SMILES string of the molecule is CCCNC(c1cc(C)ccn1)C1CCOC2(CCC2)C1. The number of ether oxygens (including phenoxy) is 1. The summed E-state index contributed by atoms with van der Waals surface area (Å²) in [6.45, 7) is 6.36. The van der Waals surface area contributed by atoms with E-state index in [9.17, 15) is 0 Å². The Morgan fingerprint density at radius 3 is 3.00 bits per heavy atom. The predicted molar refractivity (Wildman–Crippen MR) is 85.3 cm³/mol. The van der Waals surface area contributed by atoms with E-state index in [0.717, 1.165) is 26.0 Å². The lowest BCUT2D eigenvalue weighted by Crippen LogP contribution is -2.48. The minimum atomic E-state index is 0.207. The van der Waals surface area contributed by atoms with Gasteiger partial charge in [0, 0.05) is 12.8 Å². The van der Waals surface area contributed by atoms with Crippen LogP contribution in [-0.4, -0.2) is 23.7 Å². The van der Waals surface area contributed by atoms with Gasteiger partial charge in [-0.15, -0.1) is 0 Å². The monoisotopic (exact) mass is 288 g/mol. The Morgan fingerprint density at radius 2 is 2.33 bits per heavy atom. The Bertz CT molecular complexity index is 470. The van der Waals surface area contributed by atoms with Gasteiger partial charge in [-0.2, -0.15) is 0 Å². The van der Waals surface area contributed by atoms with E-state index in [2.05, 4.69) is 36.3 Å². The third-order valence-corrected chi connectivity index (χ3v) is 5.14.